The van der Waals surface area contributed by atoms with Gasteiger partial charge in [-0.25, -0.2) is 9.37 Å². The summed E-state index contributed by atoms with van der Waals surface area (Å²) >= 11 is 0. The number of nitrogens with one attached hydrogen (secondary N) is 2. The fourth-order valence-electron chi connectivity index (χ4n) is 3.41. The zero-order valence-electron chi connectivity index (χ0n) is 17.4. The van der Waals surface area contributed by atoms with Crippen LogP contribution in [-0.4, -0.2) is 68.1 Å². The number of guanidine groups is 1. The molecule has 1 aliphatic rings. The number of hydrogen-bond acceptors (Lipinski definition) is 4. The molecule has 1 aliphatic heterocycles. The Bertz CT molecular complexity index is 837. The Morgan fingerprint density at radius 1 is 1.07 bits per heavy atom. The molecule has 2 heterocycles. The van der Waals surface area contributed by atoms with Gasteiger partial charge in [-0.15, -0.1) is 0 Å². The quantitative estimate of drug-likeness (QED) is 0.535. The predicted molar refractivity (Wildman–Crippen MR) is 117 cm³/mol. The van der Waals surface area contributed by atoms with E-state index in [0.717, 1.165) is 18.9 Å². The summed E-state index contributed by atoms with van der Waals surface area (Å²) in [4.78, 5) is 25.1. The standard InChI is InChI=1S/C22H29FN6O/c1-24-22(26-12-9-18-6-2-3-7-19(18)23)27-13-10-21(30)29-16-14-28(15-17-29)20-8-4-5-11-25-20/h2-8,11H,9-10,12-17H2,1H3,(H2,24,26,27). The molecule has 1 amide bonds. The fraction of sp³-hybridized carbons (Fsp3) is 0.409. The third-order valence-electron chi connectivity index (χ3n) is 5.11. The molecule has 0 aliphatic carbocycles. The number of aromatic nitrogens is 1. The lowest BCUT2D eigenvalue weighted by atomic mass is 10.1. The number of benzene rings is 1. The molecule has 0 unspecified atom stereocenters. The first kappa shape index (κ1) is 21.5. The van der Waals surface area contributed by atoms with Crippen molar-refractivity contribution < 1.29 is 9.18 Å². The van der Waals surface area contributed by atoms with Crippen molar-refractivity contribution in [2.24, 2.45) is 4.99 Å². The van der Waals surface area contributed by atoms with Crippen LogP contribution in [-0.2, 0) is 11.2 Å². The lowest BCUT2D eigenvalue weighted by Gasteiger charge is -2.35. The second kappa shape index (κ2) is 11.1. The van der Waals surface area contributed by atoms with E-state index < -0.39 is 0 Å². The average molecular weight is 413 g/mol. The molecule has 160 valence electrons. The number of nitrogens with zero attached hydrogens (tertiary/aromatic N) is 4. The normalized spacial score (nSPS) is 14.5. The fourth-order valence-corrected chi connectivity index (χ4v) is 3.41. The van der Waals surface area contributed by atoms with Gasteiger partial charge in [-0.2, -0.15) is 0 Å². The van der Waals surface area contributed by atoms with Gasteiger partial charge in [0.25, 0.3) is 0 Å². The topological polar surface area (TPSA) is 72.9 Å². The van der Waals surface area contributed by atoms with Gasteiger partial charge in [0.1, 0.15) is 11.6 Å². The molecule has 0 spiro atoms. The first-order valence-corrected chi connectivity index (χ1v) is 10.3. The van der Waals surface area contributed by atoms with Crippen LogP contribution in [0, 0.1) is 5.82 Å². The molecule has 30 heavy (non-hydrogen) atoms. The summed E-state index contributed by atoms with van der Waals surface area (Å²) in [5.74, 6) is 1.50. The first-order chi connectivity index (χ1) is 14.7. The van der Waals surface area contributed by atoms with Crippen LogP contribution in [0.2, 0.25) is 0 Å². The Morgan fingerprint density at radius 2 is 1.80 bits per heavy atom. The Morgan fingerprint density at radius 3 is 2.50 bits per heavy atom. The molecular formula is C22H29FN6O. The van der Waals surface area contributed by atoms with Gasteiger partial charge in [0.05, 0.1) is 0 Å². The maximum absolute atomic E-state index is 13.7. The van der Waals surface area contributed by atoms with Crippen LogP contribution in [0.3, 0.4) is 0 Å². The highest BCUT2D eigenvalue weighted by Gasteiger charge is 2.21. The molecule has 2 aromatic rings. The van der Waals surface area contributed by atoms with Crippen LogP contribution in [0.5, 0.6) is 0 Å². The smallest absolute Gasteiger partial charge is 0.224 e. The molecule has 8 heteroatoms. The Balaban J connectivity index is 1.34. The number of aliphatic imine (C=N–C) groups is 1. The lowest BCUT2D eigenvalue weighted by molar-refractivity contribution is -0.131. The van der Waals surface area contributed by atoms with E-state index in [1.807, 2.05) is 29.2 Å². The van der Waals surface area contributed by atoms with Crippen molar-refractivity contribution in [1.29, 1.82) is 0 Å². The molecule has 0 radical (unpaired) electrons. The molecule has 0 bridgehead atoms. The molecule has 0 saturated carbocycles. The Labute approximate surface area is 177 Å². The minimum absolute atomic E-state index is 0.130. The predicted octanol–water partition coefficient (Wildman–Crippen LogP) is 1.67. The van der Waals surface area contributed by atoms with Gasteiger partial charge in [0.15, 0.2) is 5.96 Å². The van der Waals surface area contributed by atoms with Crippen molar-refractivity contribution in [2.75, 3.05) is 51.2 Å². The highest BCUT2D eigenvalue weighted by Crippen LogP contribution is 2.13. The second-order valence-electron chi connectivity index (χ2n) is 7.07. The monoisotopic (exact) mass is 412 g/mol. The zero-order valence-corrected chi connectivity index (χ0v) is 17.4. The summed E-state index contributed by atoms with van der Waals surface area (Å²) < 4.78 is 13.7. The molecular weight excluding hydrogens is 383 g/mol. The van der Waals surface area contributed by atoms with Crippen LogP contribution in [0.4, 0.5) is 10.2 Å². The molecule has 3 rings (SSSR count). The van der Waals surface area contributed by atoms with Crippen molar-refractivity contribution in [3.05, 3.63) is 60.0 Å². The van der Waals surface area contributed by atoms with E-state index in [-0.39, 0.29) is 11.7 Å². The van der Waals surface area contributed by atoms with Crippen molar-refractivity contribution in [3.63, 3.8) is 0 Å². The van der Waals surface area contributed by atoms with Gasteiger partial charge in [-0.3, -0.25) is 9.79 Å². The van der Waals surface area contributed by atoms with Crippen molar-refractivity contribution >= 4 is 17.7 Å². The van der Waals surface area contributed by atoms with Crippen molar-refractivity contribution in [2.45, 2.75) is 12.8 Å². The number of hydrogen-bond donors (Lipinski definition) is 2. The molecule has 2 N–H and O–H groups in total. The van der Waals surface area contributed by atoms with E-state index in [4.69, 9.17) is 0 Å². The number of piperazine rings is 1. The average Bonchev–Trinajstić information content (AvgIpc) is 2.80. The maximum atomic E-state index is 13.7. The summed E-state index contributed by atoms with van der Waals surface area (Å²) in [6.45, 7) is 4.03. The summed E-state index contributed by atoms with van der Waals surface area (Å²) in [5, 5.41) is 6.31. The summed E-state index contributed by atoms with van der Waals surface area (Å²) in [6.07, 6.45) is 2.75. The number of halogens is 1. The minimum atomic E-state index is -0.198. The number of pyridine rings is 1. The van der Waals surface area contributed by atoms with Crippen LogP contribution in [0.1, 0.15) is 12.0 Å². The van der Waals surface area contributed by atoms with Crippen LogP contribution in [0.25, 0.3) is 0 Å². The van der Waals surface area contributed by atoms with Gasteiger partial charge in [-0.1, -0.05) is 24.3 Å². The number of anilines is 1. The molecule has 1 aromatic heterocycles. The molecule has 1 saturated heterocycles. The highest BCUT2D eigenvalue weighted by atomic mass is 19.1. The van der Waals surface area contributed by atoms with E-state index in [1.54, 1.807) is 25.4 Å². The molecule has 1 aromatic carbocycles. The van der Waals surface area contributed by atoms with Crippen LogP contribution in [0.15, 0.2) is 53.7 Å². The zero-order chi connectivity index (χ0) is 21.2. The maximum Gasteiger partial charge on any atom is 0.224 e. The van der Waals surface area contributed by atoms with Gasteiger partial charge >= 0.3 is 0 Å². The van der Waals surface area contributed by atoms with Gasteiger partial charge in [0, 0.05) is 58.9 Å². The second-order valence-corrected chi connectivity index (χ2v) is 7.07. The van der Waals surface area contributed by atoms with Gasteiger partial charge in [-0.05, 0) is 30.2 Å². The number of rotatable bonds is 7. The largest absolute Gasteiger partial charge is 0.356 e. The lowest BCUT2D eigenvalue weighted by Crippen LogP contribution is -2.49. The summed E-state index contributed by atoms with van der Waals surface area (Å²) in [5.41, 5.74) is 0.667. The van der Waals surface area contributed by atoms with Crippen molar-refractivity contribution in [3.8, 4) is 0 Å². The van der Waals surface area contributed by atoms with Crippen LogP contribution < -0.4 is 15.5 Å². The first-order valence-electron chi connectivity index (χ1n) is 10.3. The number of carbonyl (C=O) groups excluding carboxylic acids is 1. The molecule has 1 fully saturated rings. The van der Waals surface area contributed by atoms with E-state index >= 15 is 0 Å². The Kier molecular flexibility index (Phi) is 8.00. The third kappa shape index (κ3) is 6.17. The van der Waals surface area contributed by atoms with E-state index in [1.165, 1.54) is 6.07 Å². The van der Waals surface area contributed by atoms with Gasteiger partial charge < -0.3 is 20.4 Å². The summed E-state index contributed by atoms with van der Waals surface area (Å²) in [6, 6.07) is 12.6. The third-order valence-corrected chi connectivity index (χ3v) is 5.11. The SMILES string of the molecule is CN=C(NCCC(=O)N1CCN(c2ccccn2)CC1)NCCc1ccccc1F. The van der Waals surface area contributed by atoms with E-state index in [0.29, 0.717) is 50.5 Å². The number of amides is 1. The number of carbonyl (C=O) groups is 1. The Hall–Kier alpha value is -3.16. The van der Waals surface area contributed by atoms with Crippen LogP contribution >= 0.6 is 0 Å². The highest BCUT2D eigenvalue weighted by molar-refractivity contribution is 5.81. The molecule has 0 atom stereocenters. The summed E-state index contributed by atoms with van der Waals surface area (Å²) in [7, 11) is 1.68. The molecule has 7 nitrogen and oxygen atoms in total. The minimum Gasteiger partial charge on any atom is -0.356 e. The van der Waals surface area contributed by atoms with E-state index in [9.17, 15) is 9.18 Å². The van der Waals surface area contributed by atoms with Gasteiger partial charge in [0.2, 0.25) is 5.91 Å². The van der Waals surface area contributed by atoms with Crippen molar-refractivity contribution in [1.82, 2.24) is 20.5 Å². The van der Waals surface area contributed by atoms with E-state index in [2.05, 4.69) is 25.5 Å².